The summed E-state index contributed by atoms with van der Waals surface area (Å²) >= 11 is 0. The van der Waals surface area contributed by atoms with E-state index in [4.69, 9.17) is 9.47 Å². The van der Waals surface area contributed by atoms with E-state index in [1.165, 1.54) is 0 Å². The molecule has 2 heterocycles. The Labute approximate surface area is 99.8 Å². The molecule has 5 nitrogen and oxygen atoms in total. The lowest BCUT2D eigenvalue weighted by atomic mass is 10.1. The van der Waals surface area contributed by atoms with Gasteiger partial charge in [-0.1, -0.05) is 0 Å². The predicted octanol–water partition coefficient (Wildman–Crippen LogP) is 1.41. The summed E-state index contributed by atoms with van der Waals surface area (Å²) in [6.45, 7) is 0. The Morgan fingerprint density at radius 3 is 2.41 bits per heavy atom. The van der Waals surface area contributed by atoms with Crippen molar-refractivity contribution in [1.82, 2.24) is 15.2 Å². The highest BCUT2D eigenvalue weighted by Gasteiger charge is 2.04. The number of aromatic amines is 1. The van der Waals surface area contributed by atoms with Gasteiger partial charge in [0, 0.05) is 17.8 Å². The molecular weight excluding hydrogens is 218 g/mol. The fourth-order valence-electron chi connectivity index (χ4n) is 1.54. The van der Waals surface area contributed by atoms with Crippen molar-refractivity contribution >= 4 is 0 Å². The predicted molar refractivity (Wildman–Crippen MR) is 62.2 cm³/mol. The Bertz CT molecular complexity index is 446. The Morgan fingerprint density at radius 2 is 1.88 bits per heavy atom. The second-order valence-electron chi connectivity index (χ2n) is 3.58. The van der Waals surface area contributed by atoms with Gasteiger partial charge in [-0.15, -0.1) is 0 Å². The molecule has 0 aliphatic heterocycles. The average Bonchev–Trinajstić information content (AvgIpc) is 2.89. The second kappa shape index (κ2) is 5.34. The fraction of sp³-hybridized carbons (Fsp3) is 0.333. The third-order valence-corrected chi connectivity index (χ3v) is 2.44. The monoisotopic (exact) mass is 232 g/mol. The lowest BCUT2D eigenvalue weighted by Crippen LogP contribution is -1.97. The SMILES string of the molecule is COc1cc(CCc2c[c]n[nH]2)cc(OC)n1. The number of hydrogen-bond donors (Lipinski definition) is 1. The minimum Gasteiger partial charge on any atom is -0.481 e. The van der Waals surface area contributed by atoms with Crippen LogP contribution in [-0.2, 0) is 12.8 Å². The maximum Gasteiger partial charge on any atom is 0.216 e. The Balaban J connectivity index is 2.09. The van der Waals surface area contributed by atoms with Crippen LogP contribution in [0.1, 0.15) is 11.3 Å². The molecule has 2 rings (SSSR count). The first-order valence-electron chi connectivity index (χ1n) is 5.31. The molecule has 1 radical (unpaired) electrons. The molecule has 0 amide bonds. The van der Waals surface area contributed by atoms with Gasteiger partial charge in [-0.25, -0.2) is 0 Å². The summed E-state index contributed by atoms with van der Waals surface area (Å²) in [5.74, 6) is 1.13. The zero-order valence-corrected chi connectivity index (χ0v) is 9.86. The molecule has 0 spiro atoms. The van der Waals surface area contributed by atoms with Gasteiger partial charge >= 0.3 is 0 Å². The molecule has 0 aromatic carbocycles. The standard InChI is InChI=1S/C12H14N3O2/c1-16-11-7-9(8-12(14-11)17-2)3-4-10-5-6-13-15-10/h5,7-8H,3-4H2,1-2H3,(H,13,15). The average molecular weight is 232 g/mol. The molecule has 0 unspecified atom stereocenters. The molecular formula is C12H14N3O2. The van der Waals surface area contributed by atoms with Crippen molar-refractivity contribution in [2.75, 3.05) is 14.2 Å². The van der Waals surface area contributed by atoms with Gasteiger partial charge in [0.05, 0.1) is 14.2 Å². The molecule has 0 saturated heterocycles. The van der Waals surface area contributed by atoms with E-state index in [9.17, 15) is 0 Å². The number of H-pyrrole nitrogens is 1. The molecule has 0 bridgehead atoms. The molecule has 89 valence electrons. The van der Waals surface area contributed by atoms with Crippen LogP contribution in [0, 0.1) is 6.20 Å². The van der Waals surface area contributed by atoms with E-state index in [1.54, 1.807) is 14.2 Å². The van der Waals surface area contributed by atoms with Crippen molar-refractivity contribution in [3.05, 3.63) is 35.7 Å². The summed E-state index contributed by atoms with van der Waals surface area (Å²) in [6, 6.07) is 5.65. The summed E-state index contributed by atoms with van der Waals surface area (Å²) in [7, 11) is 3.19. The fourth-order valence-corrected chi connectivity index (χ4v) is 1.54. The summed E-state index contributed by atoms with van der Waals surface area (Å²) in [5, 5.41) is 6.67. The molecule has 5 heteroatoms. The van der Waals surface area contributed by atoms with Crippen LogP contribution in [0.3, 0.4) is 0 Å². The van der Waals surface area contributed by atoms with Crippen LogP contribution in [0.4, 0.5) is 0 Å². The van der Waals surface area contributed by atoms with E-state index in [0.29, 0.717) is 11.8 Å². The number of nitrogens with one attached hydrogen (secondary N) is 1. The van der Waals surface area contributed by atoms with Crippen molar-refractivity contribution in [2.24, 2.45) is 0 Å². The van der Waals surface area contributed by atoms with Gasteiger partial charge in [-0.3, -0.25) is 5.10 Å². The normalized spacial score (nSPS) is 10.2. The highest BCUT2D eigenvalue weighted by Crippen LogP contribution is 2.18. The number of pyridine rings is 1. The summed E-state index contributed by atoms with van der Waals surface area (Å²) in [5.41, 5.74) is 2.17. The first-order valence-corrected chi connectivity index (χ1v) is 5.31. The van der Waals surface area contributed by atoms with Crippen LogP contribution in [-0.4, -0.2) is 29.4 Å². The van der Waals surface area contributed by atoms with Crippen LogP contribution >= 0.6 is 0 Å². The molecule has 0 fully saturated rings. The van der Waals surface area contributed by atoms with Crippen LogP contribution in [0.25, 0.3) is 0 Å². The quantitative estimate of drug-likeness (QED) is 0.846. The number of aryl methyl sites for hydroxylation is 2. The maximum atomic E-state index is 5.12. The summed E-state index contributed by atoms with van der Waals surface area (Å²) in [6.07, 6.45) is 4.48. The third kappa shape index (κ3) is 2.96. The van der Waals surface area contributed by atoms with Gasteiger partial charge in [-0.2, -0.15) is 10.1 Å². The lowest BCUT2D eigenvalue weighted by Gasteiger charge is -2.06. The topological polar surface area (TPSA) is 60.0 Å². The number of rotatable bonds is 5. The van der Waals surface area contributed by atoms with Gasteiger partial charge in [0.15, 0.2) is 0 Å². The van der Waals surface area contributed by atoms with E-state index >= 15 is 0 Å². The highest BCUT2D eigenvalue weighted by atomic mass is 16.5. The van der Waals surface area contributed by atoms with Gasteiger partial charge in [0.25, 0.3) is 0 Å². The molecule has 0 aliphatic rings. The summed E-state index contributed by atoms with van der Waals surface area (Å²) in [4.78, 5) is 4.14. The van der Waals surface area contributed by atoms with Gasteiger partial charge in [0.1, 0.15) is 6.20 Å². The molecule has 0 saturated carbocycles. The minimum atomic E-state index is 0.565. The highest BCUT2D eigenvalue weighted by molar-refractivity contribution is 5.29. The van der Waals surface area contributed by atoms with Crippen LogP contribution in [0.15, 0.2) is 18.2 Å². The smallest absolute Gasteiger partial charge is 0.216 e. The van der Waals surface area contributed by atoms with Crippen LogP contribution in [0.2, 0.25) is 0 Å². The van der Waals surface area contributed by atoms with Crippen LogP contribution in [0.5, 0.6) is 11.8 Å². The zero-order valence-electron chi connectivity index (χ0n) is 9.86. The molecule has 17 heavy (non-hydrogen) atoms. The summed E-state index contributed by atoms with van der Waals surface area (Å²) < 4.78 is 10.2. The maximum absolute atomic E-state index is 5.12. The van der Waals surface area contributed by atoms with Gasteiger partial charge in [0.2, 0.25) is 11.8 Å². The second-order valence-corrected chi connectivity index (χ2v) is 3.58. The molecule has 2 aromatic heterocycles. The number of nitrogens with zero attached hydrogens (tertiary/aromatic N) is 2. The van der Waals surface area contributed by atoms with Crippen molar-refractivity contribution in [3.8, 4) is 11.8 Å². The van der Waals surface area contributed by atoms with Crippen molar-refractivity contribution < 1.29 is 9.47 Å². The largest absolute Gasteiger partial charge is 0.481 e. The first kappa shape index (κ1) is 11.4. The number of hydrogen-bond acceptors (Lipinski definition) is 4. The van der Waals surface area contributed by atoms with Crippen molar-refractivity contribution in [1.29, 1.82) is 0 Å². The van der Waals surface area contributed by atoms with Crippen molar-refractivity contribution in [2.45, 2.75) is 12.8 Å². The zero-order chi connectivity index (χ0) is 12.1. The molecule has 0 atom stereocenters. The van der Waals surface area contributed by atoms with E-state index in [-0.39, 0.29) is 0 Å². The van der Waals surface area contributed by atoms with Gasteiger partial charge in [-0.05, 0) is 24.5 Å². The number of methoxy groups -OCH3 is 2. The van der Waals surface area contributed by atoms with Gasteiger partial charge < -0.3 is 9.47 Å². The Morgan fingerprint density at radius 1 is 1.18 bits per heavy atom. The Hall–Kier alpha value is -2.04. The van der Waals surface area contributed by atoms with E-state index < -0.39 is 0 Å². The van der Waals surface area contributed by atoms with Crippen molar-refractivity contribution in [3.63, 3.8) is 0 Å². The lowest BCUT2D eigenvalue weighted by molar-refractivity contribution is 0.363. The third-order valence-electron chi connectivity index (χ3n) is 2.44. The Kier molecular flexibility index (Phi) is 3.59. The molecule has 2 aromatic rings. The minimum absolute atomic E-state index is 0.565. The van der Waals surface area contributed by atoms with E-state index in [2.05, 4.69) is 21.4 Å². The number of aromatic nitrogens is 3. The molecule has 0 aliphatic carbocycles. The van der Waals surface area contributed by atoms with Crippen LogP contribution < -0.4 is 9.47 Å². The number of ether oxygens (including phenoxy) is 2. The van der Waals surface area contributed by atoms with E-state index in [1.807, 2.05) is 18.2 Å². The van der Waals surface area contributed by atoms with E-state index in [0.717, 1.165) is 24.1 Å². The molecule has 1 N–H and O–H groups in total. The first-order chi connectivity index (χ1) is 8.31.